The van der Waals surface area contributed by atoms with Gasteiger partial charge >= 0.3 is 0 Å². The fourth-order valence-electron chi connectivity index (χ4n) is 3.25. The molecule has 0 fully saturated rings. The zero-order valence-corrected chi connectivity index (χ0v) is 19.6. The normalized spacial score (nSPS) is 10.1. The molecule has 0 saturated heterocycles. The molecule has 0 unspecified atom stereocenters. The average molecular weight is 503 g/mol. The van der Waals surface area contributed by atoms with Crippen LogP contribution in [-0.2, 0) is 16.0 Å². The van der Waals surface area contributed by atoms with Gasteiger partial charge in [0.15, 0.2) is 0 Å². The lowest BCUT2D eigenvalue weighted by molar-refractivity contribution is 0.483. The standard InChI is InChI=1S/C27H16Cl2N2O4/c28-24-14-18(1-11-26(24)34-22-7-3-20(4-8-22)30-16-32)13-19-2-12-27(25(29)15-19)35-23-9-5-21(6-10-23)31-17-33/h1-12,14-15H,13H2. The molecule has 0 heterocycles. The second-order valence-electron chi connectivity index (χ2n) is 7.30. The van der Waals surface area contributed by atoms with Crippen LogP contribution in [0, 0.1) is 0 Å². The van der Waals surface area contributed by atoms with Crippen molar-refractivity contribution < 1.29 is 19.1 Å². The summed E-state index contributed by atoms with van der Waals surface area (Å²) in [6.07, 6.45) is 3.60. The minimum absolute atomic E-state index is 0.464. The largest absolute Gasteiger partial charge is 0.456 e. The molecule has 0 aromatic heterocycles. The van der Waals surface area contributed by atoms with E-state index in [1.807, 2.05) is 24.3 Å². The highest BCUT2D eigenvalue weighted by Crippen LogP contribution is 2.34. The molecule has 8 heteroatoms. The SMILES string of the molecule is O=C=Nc1ccc(Oc2ccc(Cc3ccc(Oc4ccc(N=C=O)cc4)c(Cl)c3)cc2Cl)cc1. The third kappa shape index (κ3) is 6.45. The van der Waals surface area contributed by atoms with Gasteiger partial charge in [-0.2, -0.15) is 9.98 Å². The van der Waals surface area contributed by atoms with E-state index in [-0.39, 0.29) is 0 Å². The Hall–Kier alpha value is -4.18. The number of ether oxygens (including phenoxy) is 2. The Labute approximate surface area is 211 Å². The predicted octanol–water partition coefficient (Wildman–Crippen LogP) is 8.10. The number of benzene rings is 4. The van der Waals surface area contributed by atoms with Gasteiger partial charge < -0.3 is 9.47 Å². The van der Waals surface area contributed by atoms with Crippen LogP contribution in [0.2, 0.25) is 10.0 Å². The summed E-state index contributed by atoms with van der Waals surface area (Å²) in [5.41, 5.74) is 2.94. The molecule has 0 atom stereocenters. The molecule has 0 aliphatic rings. The molecular formula is C27H16Cl2N2O4. The molecule has 4 aromatic rings. The summed E-state index contributed by atoms with van der Waals surface area (Å²) < 4.78 is 11.7. The third-order valence-electron chi connectivity index (χ3n) is 4.88. The highest BCUT2D eigenvalue weighted by Gasteiger charge is 2.09. The molecule has 0 bridgehead atoms. The van der Waals surface area contributed by atoms with Crippen LogP contribution in [0.25, 0.3) is 0 Å². The van der Waals surface area contributed by atoms with Gasteiger partial charge in [-0.25, -0.2) is 9.59 Å². The van der Waals surface area contributed by atoms with Crippen molar-refractivity contribution in [3.63, 3.8) is 0 Å². The summed E-state index contributed by atoms with van der Waals surface area (Å²) in [6, 6.07) is 24.5. The first-order valence-electron chi connectivity index (χ1n) is 10.3. The summed E-state index contributed by atoms with van der Waals surface area (Å²) in [7, 11) is 0. The van der Waals surface area contributed by atoms with Gasteiger partial charge in [0.2, 0.25) is 12.2 Å². The van der Waals surface area contributed by atoms with Crippen molar-refractivity contribution in [1.82, 2.24) is 0 Å². The van der Waals surface area contributed by atoms with E-state index >= 15 is 0 Å². The van der Waals surface area contributed by atoms with Gasteiger partial charge in [-0.05, 0) is 90.3 Å². The van der Waals surface area contributed by atoms with E-state index in [4.69, 9.17) is 32.7 Å². The second kappa shape index (κ2) is 11.3. The Morgan fingerprint density at radius 3 is 1.34 bits per heavy atom. The summed E-state index contributed by atoms with van der Waals surface area (Å²) in [4.78, 5) is 27.8. The van der Waals surface area contributed by atoms with Crippen molar-refractivity contribution in [2.45, 2.75) is 6.42 Å². The second-order valence-corrected chi connectivity index (χ2v) is 8.12. The fraction of sp³-hybridized carbons (Fsp3) is 0.0370. The molecule has 4 aromatic carbocycles. The first-order chi connectivity index (χ1) is 17.0. The maximum Gasteiger partial charge on any atom is 0.240 e. The lowest BCUT2D eigenvalue weighted by Gasteiger charge is -2.11. The van der Waals surface area contributed by atoms with E-state index in [9.17, 15) is 9.59 Å². The van der Waals surface area contributed by atoms with Crippen molar-refractivity contribution in [2.24, 2.45) is 9.98 Å². The molecule has 35 heavy (non-hydrogen) atoms. The van der Waals surface area contributed by atoms with Gasteiger partial charge in [0.25, 0.3) is 0 Å². The van der Waals surface area contributed by atoms with Crippen molar-refractivity contribution in [2.75, 3.05) is 0 Å². The van der Waals surface area contributed by atoms with Crippen LogP contribution < -0.4 is 9.47 Å². The van der Waals surface area contributed by atoms with E-state index in [0.29, 0.717) is 50.8 Å². The fourth-order valence-corrected chi connectivity index (χ4v) is 3.73. The van der Waals surface area contributed by atoms with E-state index in [1.165, 1.54) is 12.2 Å². The molecule has 0 radical (unpaired) electrons. The van der Waals surface area contributed by atoms with Gasteiger partial charge in [-0.3, -0.25) is 0 Å². The molecule has 6 nitrogen and oxygen atoms in total. The Balaban J connectivity index is 1.42. The van der Waals surface area contributed by atoms with Gasteiger partial charge in [0.1, 0.15) is 23.0 Å². The van der Waals surface area contributed by atoms with Crippen LogP contribution in [0.3, 0.4) is 0 Å². The zero-order chi connectivity index (χ0) is 24.6. The van der Waals surface area contributed by atoms with Gasteiger partial charge in [-0.1, -0.05) is 35.3 Å². The molecule has 0 saturated carbocycles. The van der Waals surface area contributed by atoms with E-state index in [2.05, 4.69) is 9.98 Å². The number of rotatable bonds is 8. The Kier molecular flexibility index (Phi) is 7.74. The van der Waals surface area contributed by atoms with Gasteiger partial charge in [0.05, 0.1) is 21.4 Å². The number of aliphatic imine (C=N–C) groups is 2. The highest BCUT2D eigenvalue weighted by atomic mass is 35.5. The lowest BCUT2D eigenvalue weighted by atomic mass is 10.0. The highest BCUT2D eigenvalue weighted by molar-refractivity contribution is 6.32. The van der Waals surface area contributed by atoms with Crippen molar-refractivity contribution >= 4 is 46.7 Å². The topological polar surface area (TPSA) is 77.3 Å². The molecule has 0 aliphatic heterocycles. The van der Waals surface area contributed by atoms with Crippen LogP contribution in [-0.4, -0.2) is 12.2 Å². The first-order valence-corrected chi connectivity index (χ1v) is 11.1. The van der Waals surface area contributed by atoms with Crippen molar-refractivity contribution in [3.05, 3.63) is 106 Å². The zero-order valence-electron chi connectivity index (χ0n) is 18.1. The number of nitrogens with zero attached hydrogens (tertiary/aromatic N) is 2. The van der Waals surface area contributed by atoms with Crippen molar-refractivity contribution in [1.29, 1.82) is 0 Å². The van der Waals surface area contributed by atoms with Gasteiger partial charge in [-0.15, -0.1) is 0 Å². The first kappa shape index (κ1) is 24.0. The van der Waals surface area contributed by atoms with E-state index in [0.717, 1.165) is 11.1 Å². The monoisotopic (exact) mass is 502 g/mol. The third-order valence-corrected chi connectivity index (χ3v) is 5.47. The maximum atomic E-state index is 10.3. The predicted molar refractivity (Wildman–Crippen MR) is 134 cm³/mol. The van der Waals surface area contributed by atoms with Crippen LogP contribution in [0.15, 0.2) is 94.9 Å². The molecular weight excluding hydrogens is 487 g/mol. The minimum atomic E-state index is 0.464. The average Bonchev–Trinajstić information content (AvgIpc) is 2.85. The number of carbonyl (C=O) groups excluding carboxylic acids is 2. The quantitative estimate of drug-likeness (QED) is 0.180. The summed E-state index contributed by atoms with van der Waals surface area (Å²) in [5, 5.41) is 0.928. The van der Waals surface area contributed by atoms with Crippen LogP contribution in [0.5, 0.6) is 23.0 Å². The Morgan fingerprint density at radius 1 is 0.600 bits per heavy atom. The Bertz CT molecular complexity index is 1330. The smallest absolute Gasteiger partial charge is 0.240 e. The minimum Gasteiger partial charge on any atom is -0.456 e. The van der Waals surface area contributed by atoms with Crippen LogP contribution in [0.4, 0.5) is 11.4 Å². The Morgan fingerprint density at radius 2 is 1.00 bits per heavy atom. The number of hydrogen-bond acceptors (Lipinski definition) is 6. The summed E-state index contributed by atoms with van der Waals surface area (Å²) in [5.74, 6) is 2.15. The molecule has 172 valence electrons. The van der Waals surface area contributed by atoms with Crippen molar-refractivity contribution in [3.8, 4) is 23.0 Å². The molecule has 4 rings (SSSR count). The molecule has 0 N–H and O–H groups in total. The molecule has 0 spiro atoms. The summed E-state index contributed by atoms with van der Waals surface area (Å²) in [6.45, 7) is 0. The maximum absolute atomic E-state index is 10.3. The van der Waals surface area contributed by atoms with Gasteiger partial charge in [0, 0.05) is 0 Å². The van der Waals surface area contributed by atoms with Crippen LogP contribution >= 0.6 is 23.2 Å². The lowest BCUT2D eigenvalue weighted by Crippen LogP contribution is -1.92. The number of hydrogen-bond donors (Lipinski definition) is 0. The number of isocyanates is 2. The molecule has 0 aliphatic carbocycles. The van der Waals surface area contributed by atoms with E-state index < -0.39 is 0 Å². The number of halogens is 2. The summed E-state index contributed by atoms with van der Waals surface area (Å²) >= 11 is 12.9. The van der Waals surface area contributed by atoms with E-state index in [1.54, 1.807) is 60.7 Å². The van der Waals surface area contributed by atoms with Crippen LogP contribution in [0.1, 0.15) is 11.1 Å². The molecule has 0 amide bonds.